The average Bonchev–Trinajstić information content (AvgIpc) is 2.04. The normalized spacial score (nSPS) is 18.1. The molecule has 0 fully saturated rings. The monoisotopic (exact) mass is 164 g/mol. The molecule has 0 radical (unpaired) electrons. The summed E-state index contributed by atoms with van der Waals surface area (Å²) in [5, 5.41) is 7.15. The Morgan fingerprint density at radius 1 is 1.58 bits per heavy atom. The summed E-state index contributed by atoms with van der Waals surface area (Å²) in [6, 6.07) is 0. The van der Waals surface area contributed by atoms with Gasteiger partial charge in [0.1, 0.15) is 0 Å². The molecule has 1 aliphatic rings. The van der Waals surface area contributed by atoms with Crippen LogP contribution in [0.15, 0.2) is 22.9 Å². The molecule has 2 nitrogen and oxygen atoms in total. The molecular weight excluding hydrogens is 148 g/mol. The first kappa shape index (κ1) is 9.04. The molecule has 0 heterocycles. The molecule has 1 aliphatic carbocycles. The second-order valence-corrected chi connectivity index (χ2v) is 3.44. The Hall–Kier alpha value is -1.05. The highest BCUT2D eigenvalue weighted by Gasteiger charge is 2.13. The second kappa shape index (κ2) is 3.57. The number of allylic oxidation sites excluding steroid dienone is 3. The third-order valence-electron chi connectivity index (χ3n) is 2.29. The van der Waals surface area contributed by atoms with Gasteiger partial charge in [0.2, 0.25) is 0 Å². The molecule has 0 spiro atoms. The van der Waals surface area contributed by atoms with Crippen molar-refractivity contribution in [3.8, 4) is 0 Å². The zero-order valence-electron chi connectivity index (χ0n) is 7.72. The number of nitrogens with two attached hydrogens (primary N) is 1. The van der Waals surface area contributed by atoms with Crippen LogP contribution in [-0.2, 0) is 0 Å². The van der Waals surface area contributed by atoms with Crippen molar-refractivity contribution in [3.63, 3.8) is 0 Å². The van der Waals surface area contributed by atoms with Gasteiger partial charge in [-0.1, -0.05) is 19.9 Å². The average molecular weight is 164 g/mol. The molecule has 66 valence electrons. The molecule has 3 N–H and O–H groups in total. The Kier molecular flexibility index (Phi) is 2.69. The van der Waals surface area contributed by atoms with E-state index in [-0.39, 0.29) is 0 Å². The van der Waals surface area contributed by atoms with Crippen LogP contribution in [0, 0.1) is 11.3 Å². The summed E-state index contributed by atoms with van der Waals surface area (Å²) >= 11 is 0. The highest BCUT2D eigenvalue weighted by Crippen LogP contribution is 2.26. The molecule has 2 heteroatoms. The lowest BCUT2D eigenvalue weighted by Crippen LogP contribution is -2.13. The Labute approximate surface area is 73.7 Å². The summed E-state index contributed by atoms with van der Waals surface area (Å²) in [5.41, 5.74) is 8.92. The molecule has 1 rings (SSSR count). The zero-order chi connectivity index (χ0) is 9.14. The lowest BCUT2D eigenvalue weighted by atomic mass is 9.89. The standard InChI is InChI=1S/C10H16N2/c1-7(2)9-5-3-4-8(6-11)10(9)12/h4,6-7,11H,3,5,12H2,1-2H3. The van der Waals surface area contributed by atoms with Crippen LogP contribution in [0.3, 0.4) is 0 Å². The van der Waals surface area contributed by atoms with E-state index in [4.69, 9.17) is 11.1 Å². The first-order valence-electron chi connectivity index (χ1n) is 4.36. The van der Waals surface area contributed by atoms with E-state index in [0.717, 1.165) is 24.1 Å². The van der Waals surface area contributed by atoms with Gasteiger partial charge in [0.05, 0.1) is 0 Å². The van der Waals surface area contributed by atoms with Crippen LogP contribution in [0.2, 0.25) is 0 Å². The molecule has 0 bridgehead atoms. The van der Waals surface area contributed by atoms with Crippen molar-refractivity contribution in [1.29, 1.82) is 5.41 Å². The van der Waals surface area contributed by atoms with Crippen LogP contribution in [0.25, 0.3) is 0 Å². The van der Waals surface area contributed by atoms with E-state index in [1.54, 1.807) is 0 Å². The van der Waals surface area contributed by atoms with Crippen molar-refractivity contribution in [1.82, 2.24) is 0 Å². The Morgan fingerprint density at radius 2 is 2.25 bits per heavy atom. The summed E-state index contributed by atoms with van der Waals surface area (Å²) in [6.45, 7) is 4.30. The molecule has 0 aromatic carbocycles. The third kappa shape index (κ3) is 1.58. The first-order chi connectivity index (χ1) is 5.66. The van der Waals surface area contributed by atoms with Gasteiger partial charge < -0.3 is 11.1 Å². The van der Waals surface area contributed by atoms with Crippen molar-refractivity contribution in [2.45, 2.75) is 26.7 Å². The quantitative estimate of drug-likeness (QED) is 0.604. The van der Waals surface area contributed by atoms with E-state index in [1.807, 2.05) is 6.08 Å². The molecule has 0 atom stereocenters. The van der Waals surface area contributed by atoms with Gasteiger partial charge in [-0.15, -0.1) is 0 Å². The maximum Gasteiger partial charge on any atom is 0.0394 e. The smallest absolute Gasteiger partial charge is 0.0394 e. The van der Waals surface area contributed by atoms with Crippen LogP contribution < -0.4 is 5.73 Å². The third-order valence-corrected chi connectivity index (χ3v) is 2.29. The van der Waals surface area contributed by atoms with Gasteiger partial charge in [0.15, 0.2) is 0 Å². The zero-order valence-corrected chi connectivity index (χ0v) is 7.72. The van der Waals surface area contributed by atoms with Crippen LogP contribution in [-0.4, -0.2) is 6.21 Å². The van der Waals surface area contributed by atoms with Crippen LogP contribution in [0.1, 0.15) is 26.7 Å². The molecule has 0 aliphatic heterocycles. The molecule has 0 saturated carbocycles. The topological polar surface area (TPSA) is 49.9 Å². The molecule has 0 aromatic rings. The van der Waals surface area contributed by atoms with Crippen molar-refractivity contribution in [3.05, 3.63) is 22.9 Å². The number of rotatable bonds is 2. The minimum absolute atomic E-state index is 0.508. The Bertz CT molecular complexity index is 247. The van der Waals surface area contributed by atoms with Gasteiger partial charge in [0.25, 0.3) is 0 Å². The second-order valence-electron chi connectivity index (χ2n) is 3.44. The maximum atomic E-state index is 7.15. The van der Waals surface area contributed by atoms with Gasteiger partial charge >= 0.3 is 0 Å². The predicted molar refractivity (Wildman–Crippen MR) is 52.2 cm³/mol. The molecule has 0 aromatic heterocycles. The van der Waals surface area contributed by atoms with Crippen molar-refractivity contribution in [2.24, 2.45) is 11.7 Å². The molecule has 0 unspecified atom stereocenters. The SMILES string of the molecule is CC(C)C1=C(N)C(C=N)=CCC1. The molecule has 0 saturated heterocycles. The summed E-state index contributed by atoms with van der Waals surface area (Å²) in [5.74, 6) is 0.508. The number of hydrogen-bond acceptors (Lipinski definition) is 2. The minimum Gasteiger partial charge on any atom is -0.398 e. The predicted octanol–water partition coefficient (Wildman–Crippen LogP) is 2.22. The number of nitrogens with one attached hydrogen (secondary N) is 1. The summed E-state index contributed by atoms with van der Waals surface area (Å²) in [6.07, 6.45) is 5.46. The van der Waals surface area contributed by atoms with Crippen molar-refractivity contribution < 1.29 is 0 Å². The fourth-order valence-electron chi connectivity index (χ4n) is 1.55. The van der Waals surface area contributed by atoms with Crippen LogP contribution in [0.4, 0.5) is 0 Å². The first-order valence-corrected chi connectivity index (χ1v) is 4.36. The summed E-state index contributed by atoms with van der Waals surface area (Å²) in [4.78, 5) is 0. The van der Waals surface area contributed by atoms with Gasteiger partial charge in [-0.25, -0.2) is 0 Å². The summed E-state index contributed by atoms with van der Waals surface area (Å²) in [7, 11) is 0. The lowest BCUT2D eigenvalue weighted by Gasteiger charge is -2.19. The largest absolute Gasteiger partial charge is 0.398 e. The van der Waals surface area contributed by atoms with Crippen molar-refractivity contribution in [2.75, 3.05) is 0 Å². The van der Waals surface area contributed by atoms with E-state index in [0.29, 0.717) is 5.92 Å². The van der Waals surface area contributed by atoms with Gasteiger partial charge in [-0.3, -0.25) is 0 Å². The molecular formula is C10H16N2. The summed E-state index contributed by atoms with van der Waals surface area (Å²) < 4.78 is 0. The minimum atomic E-state index is 0.508. The van der Waals surface area contributed by atoms with E-state index in [1.165, 1.54) is 11.8 Å². The molecule has 0 amide bonds. The maximum absolute atomic E-state index is 7.15. The van der Waals surface area contributed by atoms with E-state index in [9.17, 15) is 0 Å². The molecule has 12 heavy (non-hydrogen) atoms. The van der Waals surface area contributed by atoms with E-state index in [2.05, 4.69) is 13.8 Å². The van der Waals surface area contributed by atoms with Crippen LogP contribution in [0.5, 0.6) is 0 Å². The lowest BCUT2D eigenvalue weighted by molar-refractivity contribution is 0.695. The van der Waals surface area contributed by atoms with Gasteiger partial charge in [-0.05, 0) is 24.3 Å². The Morgan fingerprint density at radius 3 is 2.75 bits per heavy atom. The fraction of sp³-hybridized carbons (Fsp3) is 0.500. The van der Waals surface area contributed by atoms with E-state index < -0.39 is 0 Å². The highest BCUT2D eigenvalue weighted by atomic mass is 14.6. The van der Waals surface area contributed by atoms with Crippen molar-refractivity contribution >= 4 is 6.21 Å². The van der Waals surface area contributed by atoms with E-state index >= 15 is 0 Å². The highest BCUT2D eigenvalue weighted by molar-refractivity contribution is 5.82. The fourth-order valence-corrected chi connectivity index (χ4v) is 1.55. The van der Waals surface area contributed by atoms with Crippen LogP contribution >= 0.6 is 0 Å². The van der Waals surface area contributed by atoms with Gasteiger partial charge in [0, 0.05) is 17.5 Å². The number of hydrogen-bond donors (Lipinski definition) is 2. The van der Waals surface area contributed by atoms with Gasteiger partial charge in [-0.2, -0.15) is 0 Å². The Balaban J connectivity index is 2.98.